The molecule has 0 aliphatic heterocycles. The fourth-order valence-corrected chi connectivity index (χ4v) is 1.65. The van der Waals surface area contributed by atoms with Gasteiger partial charge in [-0.1, -0.05) is 16.8 Å². The zero-order valence-corrected chi connectivity index (χ0v) is 10.7. The van der Waals surface area contributed by atoms with Gasteiger partial charge in [0.25, 0.3) is 5.89 Å². The number of nitrogens with zero attached hydrogens (tertiary/aromatic N) is 2. The van der Waals surface area contributed by atoms with Crippen molar-refractivity contribution in [2.24, 2.45) is 0 Å². The molecule has 0 atom stereocenters. The monoisotopic (exact) mass is 307 g/mol. The van der Waals surface area contributed by atoms with Gasteiger partial charge in [0.05, 0.1) is 10.6 Å². The van der Waals surface area contributed by atoms with Crippen molar-refractivity contribution >= 4 is 17.3 Å². The molecule has 0 saturated heterocycles. The second-order valence-electron chi connectivity index (χ2n) is 3.86. The maximum Gasteiger partial charge on any atom is 0.411 e. The summed E-state index contributed by atoms with van der Waals surface area (Å²) in [5.74, 6) is 0.0813. The van der Waals surface area contributed by atoms with E-state index in [1.54, 1.807) is 12.1 Å². The predicted molar refractivity (Wildman–Crippen MR) is 64.9 cm³/mol. The van der Waals surface area contributed by atoms with Crippen molar-refractivity contribution in [1.29, 1.82) is 0 Å². The van der Waals surface area contributed by atoms with E-state index >= 15 is 0 Å². The van der Waals surface area contributed by atoms with Crippen molar-refractivity contribution < 1.29 is 22.4 Å². The first-order chi connectivity index (χ1) is 9.35. The van der Waals surface area contributed by atoms with Gasteiger partial charge in [-0.15, -0.1) is 0 Å². The highest BCUT2D eigenvalue weighted by atomic mass is 35.5. The molecule has 0 bridgehead atoms. The number of nitrogens with two attached hydrogens (primary N) is 1. The highest BCUT2D eigenvalue weighted by molar-refractivity contribution is 6.33. The van der Waals surface area contributed by atoms with E-state index in [2.05, 4.69) is 14.9 Å². The average molecular weight is 308 g/mol. The molecule has 2 aromatic rings. The summed E-state index contributed by atoms with van der Waals surface area (Å²) in [6.45, 7) is -1.78. The van der Waals surface area contributed by atoms with Crippen LogP contribution < -0.4 is 5.73 Å². The predicted octanol–water partition coefficient (Wildman–Crippen LogP) is 3.05. The summed E-state index contributed by atoms with van der Waals surface area (Å²) < 4.78 is 45.0. The zero-order valence-electron chi connectivity index (χ0n) is 9.95. The van der Waals surface area contributed by atoms with Gasteiger partial charge < -0.3 is 15.0 Å². The molecule has 9 heteroatoms. The second kappa shape index (κ2) is 5.68. The molecule has 1 aromatic heterocycles. The first kappa shape index (κ1) is 14.6. The van der Waals surface area contributed by atoms with Gasteiger partial charge in [0, 0.05) is 5.69 Å². The Balaban J connectivity index is 2.05. The third-order valence-electron chi connectivity index (χ3n) is 2.19. The number of hydrogen-bond acceptors (Lipinski definition) is 5. The first-order valence-corrected chi connectivity index (χ1v) is 5.75. The van der Waals surface area contributed by atoms with Crippen LogP contribution in [0.4, 0.5) is 18.9 Å². The maximum atomic E-state index is 11.9. The fourth-order valence-electron chi connectivity index (χ4n) is 1.38. The lowest BCUT2D eigenvalue weighted by Crippen LogP contribution is -2.16. The van der Waals surface area contributed by atoms with Crippen LogP contribution in [0.25, 0.3) is 11.5 Å². The number of aromatic nitrogens is 2. The summed E-state index contributed by atoms with van der Waals surface area (Å²) in [4.78, 5) is 3.90. The van der Waals surface area contributed by atoms with Crippen LogP contribution in [0.2, 0.25) is 5.02 Å². The van der Waals surface area contributed by atoms with E-state index in [-0.39, 0.29) is 11.7 Å². The summed E-state index contributed by atoms with van der Waals surface area (Å²) in [6.07, 6.45) is -4.40. The van der Waals surface area contributed by atoms with Crippen LogP contribution in [0.3, 0.4) is 0 Å². The van der Waals surface area contributed by atoms with E-state index in [0.717, 1.165) is 0 Å². The molecular weight excluding hydrogens is 299 g/mol. The number of alkyl halides is 3. The number of halogens is 4. The average Bonchev–Trinajstić information content (AvgIpc) is 2.75. The van der Waals surface area contributed by atoms with Crippen molar-refractivity contribution in [3.63, 3.8) is 0 Å². The van der Waals surface area contributed by atoms with Crippen LogP contribution in [0, 0.1) is 0 Å². The van der Waals surface area contributed by atoms with Gasteiger partial charge in [-0.3, -0.25) is 0 Å². The number of nitrogen functional groups attached to an aromatic ring is 1. The Morgan fingerprint density at radius 2 is 2.10 bits per heavy atom. The number of ether oxygens (including phenoxy) is 1. The van der Waals surface area contributed by atoms with E-state index < -0.39 is 19.4 Å². The zero-order chi connectivity index (χ0) is 14.8. The van der Waals surface area contributed by atoms with Crippen LogP contribution in [0.5, 0.6) is 0 Å². The standard InChI is InChI=1S/C11H9ClF3N3O2/c12-8-3-6(16)1-2-7(8)10-17-9(18-20-10)4-19-5-11(13,14)15/h1-3H,4-5,16H2. The molecule has 0 fully saturated rings. The summed E-state index contributed by atoms with van der Waals surface area (Å²) >= 11 is 5.95. The molecule has 0 aliphatic rings. The Bertz CT molecular complexity index is 601. The Morgan fingerprint density at radius 1 is 1.35 bits per heavy atom. The molecule has 1 heterocycles. The lowest BCUT2D eigenvalue weighted by molar-refractivity contribution is -0.177. The van der Waals surface area contributed by atoms with Crippen molar-refractivity contribution in [3.8, 4) is 11.5 Å². The van der Waals surface area contributed by atoms with E-state index in [1.807, 2.05) is 0 Å². The highest BCUT2D eigenvalue weighted by Crippen LogP contribution is 2.28. The minimum Gasteiger partial charge on any atom is -0.399 e. The van der Waals surface area contributed by atoms with Crippen LogP contribution >= 0.6 is 11.6 Å². The number of benzene rings is 1. The summed E-state index contributed by atoms with van der Waals surface area (Å²) in [5.41, 5.74) is 6.44. The van der Waals surface area contributed by atoms with Gasteiger partial charge in [0.2, 0.25) is 0 Å². The Hall–Kier alpha value is -1.80. The Kier molecular flexibility index (Phi) is 4.15. The largest absolute Gasteiger partial charge is 0.411 e. The molecule has 0 aliphatic carbocycles. The first-order valence-electron chi connectivity index (χ1n) is 5.37. The third-order valence-corrected chi connectivity index (χ3v) is 2.50. The molecule has 0 radical (unpaired) electrons. The second-order valence-corrected chi connectivity index (χ2v) is 4.27. The highest BCUT2D eigenvalue weighted by Gasteiger charge is 2.27. The molecular formula is C11H9ClF3N3O2. The summed E-state index contributed by atoms with van der Waals surface area (Å²) in [7, 11) is 0. The Morgan fingerprint density at radius 3 is 2.75 bits per heavy atom. The van der Waals surface area contributed by atoms with Gasteiger partial charge in [0.15, 0.2) is 5.82 Å². The number of hydrogen-bond donors (Lipinski definition) is 1. The van der Waals surface area contributed by atoms with Crippen molar-refractivity contribution in [2.75, 3.05) is 12.3 Å². The van der Waals surface area contributed by atoms with E-state index in [1.165, 1.54) is 6.07 Å². The third kappa shape index (κ3) is 3.84. The molecule has 108 valence electrons. The normalized spacial score (nSPS) is 11.8. The van der Waals surface area contributed by atoms with Gasteiger partial charge in [-0.2, -0.15) is 18.2 Å². The molecule has 5 nitrogen and oxygen atoms in total. The van der Waals surface area contributed by atoms with Crippen LogP contribution in [-0.4, -0.2) is 22.9 Å². The van der Waals surface area contributed by atoms with E-state index in [0.29, 0.717) is 16.3 Å². The molecule has 20 heavy (non-hydrogen) atoms. The summed E-state index contributed by atoms with van der Waals surface area (Å²) in [6, 6.07) is 4.66. The molecule has 0 spiro atoms. The molecule has 1 aromatic carbocycles. The molecule has 0 unspecified atom stereocenters. The maximum absolute atomic E-state index is 11.9. The van der Waals surface area contributed by atoms with Crippen molar-refractivity contribution in [2.45, 2.75) is 12.8 Å². The SMILES string of the molecule is Nc1ccc(-c2nc(COCC(F)(F)F)no2)c(Cl)c1. The fraction of sp³-hybridized carbons (Fsp3) is 0.273. The Labute approximate surface area is 116 Å². The van der Waals surface area contributed by atoms with Crippen LogP contribution in [-0.2, 0) is 11.3 Å². The molecule has 2 rings (SSSR count). The molecule has 0 saturated carbocycles. The van der Waals surface area contributed by atoms with Crippen molar-refractivity contribution in [1.82, 2.24) is 10.1 Å². The minimum atomic E-state index is -4.40. The smallest absolute Gasteiger partial charge is 0.399 e. The van der Waals surface area contributed by atoms with E-state index in [9.17, 15) is 13.2 Å². The number of anilines is 1. The quantitative estimate of drug-likeness (QED) is 0.879. The lowest BCUT2D eigenvalue weighted by Gasteiger charge is -2.04. The van der Waals surface area contributed by atoms with Crippen molar-refractivity contribution in [3.05, 3.63) is 29.0 Å². The summed E-state index contributed by atoms with van der Waals surface area (Å²) in [5, 5.41) is 3.81. The molecule has 0 amide bonds. The van der Waals surface area contributed by atoms with Gasteiger partial charge in [-0.25, -0.2) is 0 Å². The van der Waals surface area contributed by atoms with E-state index in [4.69, 9.17) is 21.9 Å². The van der Waals surface area contributed by atoms with Gasteiger partial charge in [0.1, 0.15) is 13.2 Å². The minimum absolute atomic E-state index is 0.00265. The lowest BCUT2D eigenvalue weighted by atomic mass is 10.2. The van der Waals surface area contributed by atoms with Crippen LogP contribution in [0.1, 0.15) is 5.82 Å². The topological polar surface area (TPSA) is 74.2 Å². The van der Waals surface area contributed by atoms with Gasteiger partial charge >= 0.3 is 6.18 Å². The van der Waals surface area contributed by atoms with Gasteiger partial charge in [-0.05, 0) is 18.2 Å². The molecule has 2 N–H and O–H groups in total. The number of rotatable bonds is 4. The van der Waals surface area contributed by atoms with Crippen LogP contribution in [0.15, 0.2) is 22.7 Å².